The van der Waals surface area contributed by atoms with Crippen LogP contribution in [-0.4, -0.2) is 43.9 Å². The molecule has 1 atom stereocenters. The number of amides is 1. The van der Waals surface area contributed by atoms with Crippen LogP contribution >= 0.6 is 15.9 Å². The first-order valence-electron chi connectivity index (χ1n) is 9.21. The van der Waals surface area contributed by atoms with Gasteiger partial charge in [0.25, 0.3) is 5.91 Å². The molecule has 0 aliphatic carbocycles. The Kier molecular flexibility index (Phi) is 6.29. The van der Waals surface area contributed by atoms with Crippen LogP contribution in [0, 0.1) is 0 Å². The molecule has 3 rings (SSSR count). The summed E-state index contributed by atoms with van der Waals surface area (Å²) in [5, 5.41) is 3.00. The standard InChI is InChI=1S/C21H24BrN3O2/c1-15(21(27)23-19-7-5-18(22)6-8-19)24-11-13-25(14-12-24)20-9-3-17(4-10-20)16(2)26/h3-10,15H,11-14H2,1-2H3,(H,23,27)/p+1/t15-/m0/s1. The lowest BCUT2D eigenvalue weighted by molar-refractivity contribution is -0.914. The van der Waals surface area contributed by atoms with Crippen molar-refractivity contribution in [2.45, 2.75) is 19.9 Å². The molecule has 1 aliphatic heterocycles. The van der Waals surface area contributed by atoms with E-state index in [9.17, 15) is 9.59 Å². The van der Waals surface area contributed by atoms with Crippen LogP contribution in [0.4, 0.5) is 11.4 Å². The van der Waals surface area contributed by atoms with Gasteiger partial charge in [0.05, 0.1) is 26.2 Å². The number of anilines is 2. The first-order valence-corrected chi connectivity index (χ1v) is 10.0. The van der Waals surface area contributed by atoms with E-state index in [4.69, 9.17) is 0 Å². The summed E-state index contributed by atoms with van der Waals surface area (Å²) < 4.78 is 0.992. The number of Topliss-reactive ketones (excluding diaryl/α,β-unsaturated/α-hetero) is 1. The summed E-state index contributed by atoms with van der Waals surface area (Å²) >= 11 is 3.40. The Balaban J connectivity index is 1.53. The third kappa shape index (κ3) is 4.96. The molecular formula is C21H25BrN3O2+. The number of hydrogen-bond acceptors (Lipinski definition) is 3. The van der Waals surface area contributed by atoms with Crippen LogP contribution in [0.15, 0.2) is 53.0 Å². The quantitative estimate of drug-likeness (QED) is 0.715. The molecule has 1 fully saturated rings. The molecule has 2 N–H and O–H groups in total. The van der Waals surface area contributed by atoms with Gasteiger partial charge in [-0.05, 0) is 62.4 Å². The summed E-state index contributed by atoms with van der Waals surface area (Å²) in [6, 6.07) is 15.3. The van der Waals surface area contributed by atoms with E-state index in [1.54, 1.807) is 6.92 Å². The van der Waals surface area contributed by atoms with Gasteiger partial charge in [-0.2, -0.15) is 0 Å². The van der Waals surface area contributed by atoms with Gasteiger partial charge in [0.2, 0.25) is 0 Å². The molecule has 1 heterocycles. The van der Waals surface area contributed by atoms with E-state index >= 15 is 0 Å². The van der Waals surface area contributed by atoms with Crippen LogP contribution in [0.25, 0.3) is 0 Å². The Morgan fingerprint density at radius 1 is 1.04 bits per heavy atom. The van der Waals surface area contributed by atoms with E-state index in [-0.39, 0.29) is 17.7 Å². The van der Waals surface area contributed by atoms with Crippen LogP contribution in [0.1, 0.15) is 24.2 Å². The average molecular weight is 431 g/mol. The molecule has 0 unspecified atom stereocenters. The van der Waals surface area contributed by atoms with Crippen molar-refractivity contribution in [2.75, 3.05) is 36.4 Å². The van der Waals surface area contributed by atoms with Crippen molar-refractivity contribution in [1.82, 2.24) is 0 Å². The molecule has 0 bridgehead atoms. The fourth-order valence-electron chi connectivity index (χ4n) is 3.36. The Hall–Kier alpha value is -2.18. The molecule has 0 spiro atoms. The molecule has 1 aliphatic rings. The molecule has 142 valence electrons. The van der Waals surface area contributed by atoms with E-state index in [2.05, 4.69) is 26.1 Å². The SMILES string of the molecule is CC(=O)c1ccc(N2CC[NH+]([C@@H](C)C(=O)Nc3ccc(Br)cc3)CC2)cc1. The van der Waals surface area contributed by atoms with Gasteiger partial charge in [-0.1, -0.05) is 15.9 Å². The first-order chi connectivity index (χ1) is 12.9. The number of benzene rings is 2. The highest BCUT2D eigenvalue weighted by atomic mass is 79.9. The second-order valence-corrected chi connectivity index (χ2v) is 7.88. The van der Waals surface area contributed by atoms with E-state index < -0.39 is 0 Å². The summed E-state index contributed by atoms with van der Waals surface area (Å²) in [7, 11) is 0. The zero-order valence-electron chi connectivity index (χ0n) is 15.7. The number of carbonyl (C=O) groups is 2. The van der Waals surface area contributed by atoms with Gasteiger partial charge < -0.3 is 15.1 Å². The maximum atomic E-state index is 12.6. The third-order valence-electron chi connectivity index (χ3n) is 5.16. The number of carbonyl (C=O) groups excluding carboxylic acids is 2. The number of halogens is 1. The molecule has 0 aromatic heterocycles. The van der Waals surface area contributed by atoms with Crippen LogP contribution in [0.2, 0.25) is 0 Å². The van der Waals surface area contributed by atoms with Gasteiger partial charge in [0.15, 0.2) is 11.8 Å². The van der Waals surface area contributed by atoms with Gasteiger partial charge in [-0.15, -0.1) is 0 Å². The lowest BCUT2D eigenvalue weighted by Crippen LogP contribution is -3.19. The van der Waals surface area contributed by atoms with E-state index in [1.807, 2.05) is 55.5 Å². The smallest absolute Gasteiger partial charge is 0.282 e. The fraction of sp³-hybridized carbons (Fsp3) is 0.333. The molecule has 0 saturated carbocycles. The number of hydrogen-bond donors (Lipinski definition) is 2. The predicted octanol–water partition coefficient (Wildman–Crippen LogP) is 2.38. The summed E-state index contributed by atoms with van der Waals surface area (Å²) in [6.45, 7) is 7.17. The third-order valence-corrected chi connectivity index (χ3v) is 5.69. The number of piperazine rings is 1. The Morgan fingerprint density at radius 2 is 1.63 bits per heavy atom. The molecule has 5 nitrogen and oxygen atoms in total. The van der Waals surface area contributed by atoms with Crippen molar-refractivity contribution in [2.24, 2.45) is 0 Å². The lowest BCUT2D eigenvalue weighted by Gasteiger charge is -2.36. The number of nitrogens with one attached hydrogen (secondary N) is 2. The molecule has 1 amide bonds. The van der Waals surface area contributed by atoms with Crippen molar-refractivity contribution in [3.63, 3.8) is 0 Å². The summed E-state index contributed by atoms with van der Waals surface area (Å²) in [4.78, 5) is 27.6. The van der Waals surface area contributed by atoms with Crippen molar-refractivity contribution >= 4 is 39.0 Å². The zero-order valence-corrected chi connectivity index (χ0v) is 17.3. The molecule has 2 aromatic rings. The maximum Gasteiger partial charge on any atom is 0.282 e. The molecule has 2 aromatic carbocycles. The minimum atomic E-state index is -0.101. The largest absolute Gasteiger partial charge is 0.360 e. The van der Waals surface area contributed by atoms with E-state index in [0.29, 0.717) is 0 Å². The van der Waals surface area contributed by atoms with Gasteiger partial charge in [0, 0.05) is 21.4 Å². The molecular weight excluding hydrogens is 406 g/mol. The van der Waals surface area contributed by atoms with E-state index in [1.165, 1.54) is 4.90 Å². The van der Waals surface area contributed by atoms with Gasteiger partial charge >= 0.3 is 0 Å². The summed E-state index contributed by atoms with van der Waals surface area (Å²) in [6.07, 6.45) is 0. The van der Waals surface area contributed by atoms with Crippen molar-refractivity contribution in [1.29, 1.82) is 0 Å². The Labute approximate surface area is 168 Å². The second-order valence-electron chi connectivity index (χ2n) is 6.97. The van der Waals surface area contributed by atoms with E-state index in [0.717, 1.165) is 47.6 Å². The van der Waals surface area contributed by atoms with Crippen LogP contribution in [-0.2, 0) is 4.79 Å². The number of ketones is 1. The van der Waals surface area contributed by atoms with Crippen molar-refractivity contribution in [3.8, 4) is 0 Å². The zero-order chi connectivity index (χ0) is 19.4. The highest BCUT2D eigenvalue weighted by molar-refractivity contribution is 9.10. The highest BCUT2D eigenvalue weighted by Gasteiger charge is 2.29. The number of quaternary nitrogens is 1. The summed E-state index contributed by atoms with van der Waals surface area (Å²) in [5.41, 5.74) is 2.69. The van der Waals surface area contributed by atoms with Crippen LogP contribution in [0.3, 0.4) is 0 Å². The normalized spacial score (nSPS) is 16.0. The predicted molar refractivity (Wildman–Crippen MR) is 112 cm³/mol. The van der Waals surface area contributed by atoms with Crippen molar-refractivity contribution in [3.05, 3.63) is 58.6 Å². The van der Waals surface area contributed by atoms with Gasteiger partial charge in [-0.25, -0.2) is 0 Å². The molecule has 6 heteroatoms. The lowest BCUT2D eigenvalue weighted by atomic mass is 10.1. The Bertz CT molecular complexity index is 797. The number of rotatable bonds is 5. The Morgan fingerprint density at radius 3 is 2.19 bits per heavy atom. The van der Waals surface area contributed by atoms with Crippen molar-refractivity contribution < 1.29 is 14.5 Å². The first kappa shape index (κ1) is 19.6. The second kappa shape index (κ2) is 8.67. The average Bonchev–Trinajstić information content (AvgIpc) is 2.69. The minimum absolute atomic E-state index is 0.0478. The topological polar surface area (TPSA) is 53.9 Å². The monoisotopic (exact) mass is 430 g/mol. The maximum absolute atomic E-state index is 12.6. The van der Waals surface area contributed by atoms with Gasteiger partial charge in [0.1, 0.15) is 0 Å². The molecule has 0 radical (unpaired) electrons. The molecule has 27 heavy (non-hydrogen) atoms. The van der Waals surface area contributed by atoms with Gasteiger partial charge in [-0.3, -0.25) is 9.59 Å². The fourth-order valence-corrected chi connectivity index (χ4v) is 3.63. The highest BCUT2D eigenvalue weighted by Crippen LogP contribution is 2.16. The minimum Gasteiger partial charge on any atom is -0.360 e. The van der Waals surface area contributed by atoms with Crippen LogP contribution in [0.5, 0.6) is 0 Å². The molecule has 1 saturated heterocycles. The number of nitrogens with zero attached hydrogens (tertiary/aromatic N) is 1. The van der Waals surface area contributed by atoms with Crippen LogP contribution < -0.4 is 15.1 Å². The summed E-state index contributed by atoms with van der Waals surface area (Å²) in [5.74, 6) is 0.132.